The molecule has 2 amide bonds. The third-order valence-corrected chi connectivity index (χ3v) is 4.47. The van der Waals surface area contributed by atoms with E-state index in [4.69, 9.17) is 9.47 Å². The summed E-state index contributed by atoms with van der Waals surface area (Å²) >= 11 is 0. The van der Waals surface area contributed by atoms with E-state index in [1.54, 1.807) is 13.8 Å². The summed E-state index contributed by atoms with van der Waals surface area (Å²) < 4.78 is 11.4. The van der Waals surface area contributed by atoms with Crippen LogP contribution in [0.5, 0.6) is 0 Å². The minimum Gasteiger partial charge on any atom is -0.383 e. The summed E-state index contributed by atoms with van der Waals surface area (Å²) in [7, 11) is 0. The molecule has 0 spiro atoms. The summed E-state index contributed by atoms with van der Waals surface area (Å²) in [5.41, 5.74) is 0.485. The molecule has 1 aliphatic rings. The van der Waals surface area contributed by atoms with Crippen molar-refractivity contribution in [2.24, 2.45) is 5.41 Å². The molecule has 7 nitrogen and oxygen atoms in total. The van der Waals surface area contributed by atoms with E-state index in [1.165, 1.54) is 0 Å². The van der Waals surface area contributed by atoms with Crippen molar-refractivity contribution in [1.29, 1.82) is 0 Å². The molecule has 7 heteroatoms. The lowest BCUT2D eigenvalue weighted by atomic mass is 9.85. The molecule has 1 fully saturated rings. The van der Waals surface area contributed by atoms with Crippen LogP contribution in [-0.2, 0) is 25.6 Å². The zero-order valence-electron chi connectivity index (χ0n) is 16.5. The maximum absolute atomic E-state index is 12.5. The highest BCUT2D eigenvalue weighted by Crippen LogP contribution is 2.34. The minimum atomic E-state index is -1.19. The highest BCUT2D eigenvalue weighted by atomic mass is 16.7. The number of ether oxygens (including phenoxy) is 2. The molecule has 1 aromatic carbocycles. The second kappa shape index (κ2) is 8.82. The van der Waals surface area contributed by atoms with Crippen molar-refractivity contribution in [3.05, 3.63) is 35.9 Å². The summed E-state index contributed by atoms with van der Waals surface area (Å²) in [6, 6.07) is 9.45. The molecule has 1 aromatic rings. The average molecular weight is 378 g/mol. The first-order valence-corrected chi connectivity index (χ1v) is 9.20. The molecule has 1 aliphatic heterocycles. The van der Waals surface area contributed by atoms with E-state index < -0.39 is 29.3 Å². The summed E-state index contributed by atoms with van der Waals surface area (Å²) in [5, 5.41) is 15.4. The maximum Gasteiger partial charge on any atom is 0.249 e. The van der Waals surface area contributed by atoms with Gasteiger partial charge in [0, 0.05) is 18.5 Å². The third-order valence-electron chi connectivity index (χ3n) is 4.47. The lowest BCUT2D eigenvalue weighted by Gasteiger charge is -2.44. The van der Waals surface area contributed by atoms with E-state index in [1.807, 2.05) is 44.2 Å². The van der Waals surface area contributed by atoms with E-state index in [2.05, 4.69) is 10.6 Å². The van der Waals surface area contributed by atoms with Gasteiger partial charge in [-0.2, -0.15) is 0 Å². The number of hydrogen-bond acceptors (Lipinski definition) is 5. The molecule has 0 saturated carbocycles. The molecule has 1 saturated heterocycles. The molecule has 0 radical (unpaired) electrons. The summed E-state index contributed by atoms with van der Waals surface area (Å²) in [5.74, 6) is -1.56. The van der Waals surface area contributed by atoms with Crippen LogP contribution in [-0.4, -0.2) is 48.1 Å². The lowest BCUT2D eigenvalue weighted by Crippen LogP contribution is -2.56. The molecular formula is C20H30N2O5. The van der Waals surface area contributed by atoms with Crippen molar-refractivity contribution in [3.8, 4) is 0 Å². The third kappa shape index (κ3) is 6.30. The SMILES string of the molecule is CC1(C)OCC(C)(C)[C@@H](C(=O)NCC[C@@H](O)C(=O)NCc2ccccc2)O1. The van der Waals surface area contributed by atoms with Gasteiger partial charge in [0.05, 0.1) is 6.61 Å². The van der Waals surface area contributed by atoms with Crippen LogP contribution < -0.4 is 10.6 Å². The number of amides is 2. The van der Waals surface area contributed by atoms with Crippen LogP contribution in [0, 0.1) is 5.41 Å². The molecule has 27 heavy (non-hydrogen) atoms. The van der Waals surface area contributed by atoms with Crippen LogP contribution in [0.15, 0.2) is 30.3 Å². The number of carbonyl (C=O) groups is 2. The number of carbonyl (C=O) groups excluding carboxylic acids is 2. The maximum atomic E-state index is 12.5. The van der Waals surface area contributed by atoms with Gasteiger partial charge >= 0.3 is 0 Å². The van der Waals surface area contributed by atoms with Gasteiger partial charge in [0.25, 0.3) is 0 Å². The van der Waals surface area contributed by atoms with Gasteiger partial charge < -0.3 is 25.2 Å². The Bertz CT molecular complexity index is 645. The Morgan fingerprint density at radius 1 is 1.19 bits per heavy atom. The highest BCUT2D eigenvalue weighted by Gasteiger charge is 2.45. The van der Waals surface area contributed by atoms with Crippen molar-refractivity contribution in [2.45, 2.75) is 58.7 Å². The van der Waals surface area contributed by atoms with Gasteiger partial charge in [0.1, 0.15) is 12.2 Å². The Hall–Kier alpha value is -1.96. The van der Waals surface area contributed by atoms with Crippen LogP contribution in [0.4, 0.5) is 0 Å². The molecular weight excluding hydrogens is 348 g/mol. The first-order valence-electron chi connectivity index (χ1n) is 9.20. The van der Waals surface area contributed by atoms with Gasteiger partial charge in [-0.3, -0.25) is 9.59 Å². The molecule has 0 unspecified atom stereocenters. The van der Waals surface area contributed by atoms with E-state index in [0.29, 0.717) is 13.2 Å². The number of rotatable bonds is 7. The van der Waals surface area contributed by atoms with Gasteiger partial charge in [0.2, 0.25) is 11.8 Å². The molecule has 2 atom stereocenters. The average Bonchev–Trinajstić information content (AvgIpc) is 2.62. The summed E-state index contributed by atoms with van der Waals surface area (Å²) in [6.07, 6.45) is -1.72. The zero-order chi connectivity index (χ0) is 20.1. The van der Waals surface area contributed by atoms with Crippen molar-refractivity contribution in [3.63, 3.8) is 0 Å². The van der Waals surface area contributed by atoms with Crippen LogP contribution in [0.3, 0.4) is 0 Å². The highest BCUT2D eigenvalue weighted by molar-refractivity contribution is 5.82. The van der Waals surface area contributed by atoms with Gasteiger partial charge in [-0.25, -0.2) is 0 Å². The van der Waals surface area contributed by atoms with Gasteiger partial charge in [-0.15, -0.1) is 0 Å². The standard InChI is InChI=1S/C20H30N2O5/c1-19(2)13-26-20(3,4)27-16(19)18(25)21-11-10-15(23)17(24)22-12-14-8-6-5-7-9-14/h5-9,15-16,23H,10-13H2,1-4H3,(H,21,25)(H,22,24)/t15-,16-/m1/s1. The molecule has 1 heterocycles. The molecule has 150 valence electrons. The van der Waals surface area contributed by atoms with E-state index in [0.717, 1.165) is 5.56 Å². The Kier molecular flexibility index (Phi) is 6.97. The first-order chi connectivity index (χ1) is 12.6. The smallest absolute Gasteiger partial charge is 0.249 e. The number of aliphatic hydroxyl groups excluding tert-OH is 1. The quantitative estimate of drug-likeness (QED) is 0.665. The largest absolute Gasteiger partial charge is 0.383 e. The number of aliphatic hydroxyl groups is 1. The van der Waals surface area contributed by atoms with Crippen molar-refractivity contribution in [1.82, 2.24) is 10.6 Å². The second-order valence-electron chi connectivity index (χ2n) is 7.97. The molecule has 3 N–H and O–H groups in total. The number of hydrogen-bond donors (Lipinski definition) is 3. The second-order valence-corrected chi connectivity index (χ2v) is 7.97. The number of benzene rings is 1. The van der Waals surface area contributed by atoms with Crippen LogP contribution >= 0.6 is 0 Å². The molecule has 0 aromatic heterocycles. The normalized spacial score (nSPS) is 21.9. The molecule has 0 bridgehead atoms. The predicted molar refractivity (Wildman–Crippen MR) is 101 cm³/mol. The first kappa shape index (κ1) is 21.3. The predicted octanol–water partition coefficient (Wildman–Crippen LogP) is 1.35. The Labute approximate surface area is 160 Å². The number of nitrogens with one attached hydrogen (secondary N) is 2. The van der Waals surface area contributed by atoms with Crippen LogP contribution in [0.1, 0.15) is 39.7 Å². The lowest BCUT2D eigenvalue weighted by molar-refractivity contribution is -0.304. The fraction of sp³-hybridized carbons (Fsp3) is 0.600. The zero-order valence-corrected chi connectivity index (χ0v) is 16.5. The van der Waals surface area contributed by atoms with Gasteiger partial charge in [-0.1, -0.05) is 44.2 Å². The van der Waals surface area contributed by atoms with Crippen molar-refractivity contribution < 1.29 is 24.2 Å². The fourth-order valence-corrected chi connectivity index (χ4v) is 2.78. The Morgan fingerprint density at radius 3 is 2.52 bits per heavy atom. The summed E-state index contributed by atoms with van der Waals surface area (Å²) in [4.78, 5) is 24.5. The Morgan fingerprint density at radius 2 is 1.85 bits per heavy atom. The topological polar surface area (TPSA) is 96.9 Å². The van der Waals surface area contributed by atoms with Crippen LogP contribution in [0.25, 0.3) is 0 Å². The molecule has 0 aliphatic carbocycles. The van der Waals surface area contributed by atoms with Crippen LogP contribution in [0.2, 0.25) is 0 Å². The van der Waals surface area contributed by atoms with Crippen molar-refractivity contribution >= 4 is 11.8 Å². The van der Waals surface area contributed by atoms with E-state index in [-0.39, 0.29) is 18.9 Å². The van der Waals surface area contributed by atoms with Gasteiger partial charge in [0.15, 0.2) is 5.79 Å². The van der Waals surface area contributed by atoms with Crippen molar-refractivity contribution in [2.75, 3.05) is 13.2 Å². The Balaban J connectivity index is 1.75. The fourth-order valence-electron chi connectivity index (χ4n) is 2.78. The van der Waals surface area contributed by atoms with Gasteiger partial charge in [-0.05, 0) is 25.8 Å². The molecule has 2 rings (SSSR count). The monoisotopic (exact) mass is 378 g/mol. The summed E-state index contributed by atoms with van der Waals surface area (Å²) in [6.45, 7) is 8.27. The minimum absolute atomic E-state index is 0.124. The van der Waals surface area contributed by atoms with E-state index >= 15 is 0 Å². The van der Waals surface area contributed by atoms with E-state index in [9.17, 15) is 14.7 Å².